The molecule has 0 aromatic heterocycles. The molecule has 1 fully saturated rings. The van der Waals surface area contributed by atoms with Crippen LogP contribution in [0.1, 0.15) is 12.5 Å². The third kappa shape index (κ3) is 8.89. The van der Waals surface area contributed by atoms with Crippen LogP contribution >= 0.6 is 35.1 Å². The Kier molecular flexibility index (Phi) is 9.66. The van der Waals surface area contributed by atoms with E-state index in [2.05, 4.69) is 15.5 Å². The van der Waals surface area contributed by atoms with Crippen LogP contribution in [0.25, 0.3) is 0 Å². The molecule has 29 heavy (non-hydrogen) atoms. The van der Waals surface area contributed by atoms with Gasteiger partial charge in [-0.1, -0.05) is 29.4 Å². The lowest BCUT2D eigenvalue weighted by atomic mass is 10.2. The molecule has 2 unspecified atom stereocenters. The van der Waals surface area contributed by atoms with Gasteiger partial charge in [-0.2, -0.15) is 0 Å². The van der Waals surface area contributed by atoms with Crippen molar-refractivity contribution in [1.29, 1.82) is 5.41 Å². The molecule has 1 aromatic rings. The third-order valence-corrected chi connectivity index (χ3v) is 6.08. The first-order valence-electron chi connectivity index (χ1n) is 8.70. The molecular weight excluding hydrogens is 441 g/mol. The molecule has 0 bridgehead atoms. The predicted octanol–water partition coefficient (Wildman–Crippen LogP) is 1.53. The Morgan fingerprint density at radius 1 is 1.52 bits per heavy atom. The number of benzene rings is 1. The van der Waals surface area contributed by atoms with Gasteiger partial charge in [-0.15, -0.1) is 11.8 Å². The monoisotopic (exact) mass is 463 g/mol. The number of amidine groups is 1. The maximum Gasteiger partial charge on any atom is 0.232 e. The van der Waals surface area contributed by atoms with Crippen molar-refractivity contribution in [3.63, 3.8) is 0 Å². The molecule has 0 saturated carbocycles. The fourth-order valence-corrected chi connectivity index (χ4v) is 4.35. The number of nitrogens with one attached hydrogen (secondary N) is 3. The lowest BCUT2D eigenvalue weighted by Crippen LogP contribution is -2.51. The Bertz CT molecular complexity index is 758. The Morgan fingerprint density at radius 2 is 2.28 bits per heavy atom. The van der Waals surface area contributed by atoms with Crippen molar-refractivity contribution in [3.8, 4) is 0 Å². The predicted molar refractivity (Wildman–Crippen MR) is 114 cm³/mol. The van der Waals surface area contributed by atoms with Crippen LogP contribution in [0.3, 0.4) is 0 Å². The number of carbonyl (C=O) groups excluding carboxylic acids is 2. The van der Waals surface area contributed by atoms with Gasteiger partial charge in [0, 0.05) is 26.6 Å². The highest BCUT2D eigenvalue weighted by atomic mass is 35.5. The van der Waals surface area contributed by atoms with E-state index in [1.807, 2.05) is 0 Å². The minimum Gasteiger partial charge on any atom is -0.356 e. The van der Waals surface area contributed by atoms with E-state index in [-0.39, 0.29) is 27.8 Å². The minimum atomic E-state index is -0.563. The molecule has 1 aromatic carbocycles. The van der Waals surface area contributed by atoms with Crippen molar-refractivity contribution in [2.24, 2.45) is 5.73 Å². The Balaban J connectivity index is 1.73. The highest BCUT2D eigenvalue weighted by Gasteiger charge is 2.22. The molecule has 160 valence electrons. The van der Waals surface area contributed by atoms with E-state index in [0.717, 1.165) is 29.1 Å². The standard InChI is InChI=1S/C17H23ClFN5O3S2/c1-10(25)22-16(20)29-17(21)28-9-14(26)23-15-8-24(4-5-27-15)7-11-2-3-13(19)12(18)6-11/h2-3,6,15,17H,4-5,7-9,21H2,1H3,(H,23,26)(H2,20,22,25). The molecule has 5 N–H and O–H groups in total. The van der Waals surface area contributed by atoms with Gasteiger partial charge in [0.2, 0.25) is 11.8 Å². The average Bonchev–Trinajstić information content (AvgIpc) is 2.62. The van der Waals surface area contributed by atoms with Crippen molar-refractivity contribution >= 4 is 52.1 Å². The molecule has 2 rings (SSSR count). The first kappa shape index (κ1) is 23.9. The summed E-state index contributed by atoms with van der Waals surface area (Å²) in [6.45, 7) is 3.50. The van der Waals surface area contributed by atoms with Crippen LogP contribution in [-0.2, 0) is 20.9 Å². The summed E-state index contributed by atoms with van der Waals surface area (Å²) >= 11 is 7.93. The molecule has 1 aliphatic rings. The van der Waals surface area contributed by atoms with E-state index in [1.165, 1.54) is 13.0 Å². The van der Waals surface area contributed by atoms with Gasteiger partial charge in [0.1, 0.15) is 16.8 Å². The first-order valence-corrected chi connectivity index (χ1v) is 11.0. The average molecular weight is 464 g/mol. The summed E-state index contributed by atoms with van der Waals surface area (Å²) < 4.78 is 18.3. The van der Waals surface area contributed by atoms with E-state index in [1.54, 1.807) is 12.1 Å². The van der Waals surface area contributed by atoms with Crippen molar-refractivity contribution < 1.29 is 18.7 Å². The highest BCUT2D eigenvalue weighted by molar-refractivity contribution is 8.24. The first-order chi connectivity index (χ1) is 13.7. The van der Waals surface area contributed by atoms with Crippen molar-refractivity contribution in [3.05, 3.63) is 34.6 Å². The second kappa shape index (κ2) is 11.7. The fourth-order valence-electron chi connectivity index (χ4n) is 2.55. The summed E-state index contributed by atoms with van der Waals surface area (Å²) in [5.41, 5.74) is 6.72. The van der Waals surface area contributed by atoms with Gasteiger partial charge in [0.25, 0.3) is 0 Å². The third-order valence-electron chi connectivity index (χ3n) is 3.77. The van der Waals surface area contributed by atoms with Crippen molar-refractivity contribution in [1.82, 2.24) is 15.5 Å². The van der Waals surface area contributed by atoms with Gasteiger partial charge in [-0.3, -0.25) is 19.9 Å². The summed E-state index contributed by atoms with van der Waals surface area (Å²) in [7, 11) is 0. The molecule has 0 aliphatic carbocycles. The van der Waals surface area contributed by atoms with Crippen LogP contribution in [0, 0.1) is 11.2 Å². The normalized spacial score (nSPS) is 18.1. The molecule has 1 saturated heterocycles. The van der Waals surface area contributed by atoms with Crippen LogP contribution in [0.15, 0.2) is 18.2 Å². The maximum absolute atomic E-state index is 13.3. The molecule has 2 atom stereocenters. The van der Waals surface area contributed by atoms with Crippen molar-refractivity contribution in [2.75, 3.05) is 25.4 Å². The summed E-state index contributed by atoms with van der Waals surface area (Å²) in [6, 6.07) is 4.61. The number of carbonyl (C=O) groups is 2. The van der Waals surface area contributed by atoms with Crippen molar-refractivity contribution in [2.45, 2.75) is 24.4 Å². The number of ether oxygens (including phenoxy) is 1. The zero-order valence-corrected chi connectivity index (χ0v) is 18.1. The summed E-state index contributed by atoms with van der Waals surface area (Å²) in [5, 5.41) is 12.7. The molecule has 12 heteroatoms. The van der Waals surface area contributed by atoms with E-state index < -0.39 is 16.8 Å². The Morgan fingerprint density at radius 3 is 2.97 bits per heavy atom. The Hall–Kier alpha value is -1.37. The van der Waals surface area contributed by atoms with Gasteiger partial charge in [0.15, 0.2) is 5.17 Å². The zero-order chi connectivity index (χ0) is 21.4. The minimum absolute atomic E-state index is 0.0648. The summed E-state index contributed by atoms with van der Waals surface area (Å²) in [6.07, 6.45) is -0.464. The smallest absolute Gasteiger partial charge is 0.232 e. The fraction of sp³-hybridized carbons (Fsp3) is 0.471. The molecular formula is C17H23ClFN5O3S2. The molecule has 1 aliphatic heterocycles. The topological polar surface area (TPSA) is 121 Å². The molecule has 0 radical (unpaired) electrons. The van der Waals surface area contributed by atoms with Crippen LogP contribution in [0.2, 0.25) is 5.02 Å². The van der Waals surface area contributed by atoms with Crippen LogP contribution in [0.5, 0.6) is 0 Å². The maximum atomic E-state index is 13.3. The van der Waals surface area contributed by atoms with Gasteiger partial charge in [0.05, 0.1) is 17.4 Å². The molecule has 2 amide bonds. The van der Waals surface area contributed by atoms with Gasteiger partial charge in [-0.25, -0.2) is 4.39 Å². The number of nitrogens with two attached hydrogens (primary N) is 1. The second-order valence-electron chi connectivity index (χ2n) is 6.22. The number of hydrogen-bond donors (Lipinski definition) is 4. The van der Waals surface area contributed by atoms with Crippen LogP contribution < -0.4 is 16.4 Å². The van der Waals surface area contributed by atoms with E-state index in [0.29, 0.717) is 26.2 Å². The quantitative estimate of drug-likeness (QED) is 0.275. The van der Waals surface area contributed by atoms with Gasteiger partial charge >= 0.3 is 0 Å². The van der Waals surface area contributed by atoms with Crippen LogP contribution in [0.4, 0.5) is 4.39 Å². The lowest BCUT2D eigenvalue weighted by Gasteiger charge is -2.33. The number of nitrogens with zero attached hydrogens (tertiary/aromatic N) is 1. The van der Waals surface area contributed by atoms with Gasteiger partial charge < -0.3 is 21.1 Å². The van der Waals surface area contributed by atoms with E-state index >= 15 is 0 Å². The number of halogens is 2. The lowest BCUT2D eigenvalue weighted by molar-refractivity contribution is -0.126. The molecule has 1 heterocycles. The number of amides is 2. The van der Waals surface area contributed by atoms with Gasteiger partial charge in [-0.05, 0) is 17.7 Å². The number of hydrogen-bond acceptors (Lipinski definition) is 8. The summed E-state index contributed by atoms with van der Waals surface area (Å²) in [4.78, 5) is 25.1. The van der Waals surface area contributed by atoms with Crippen LogP contribution in [-0.4, -0.2) is 58.3 Å². The SMILES string of the molecule is CC(=O)NC(=N)SC(N)SCC(=O)NC1CN(Cc2ccc(F)c(Cl)c2)CCO1. The molecule has 8 nitrogen and oxygen atoms in total. The second-order valence-corrected chi connectivity index (χ2v) is 9.21. The van der Waals surface area contributed by atoms with E-state index in [4.69, 9.17) is 27.5 Å². The number of thioether (sulfide) groups is 2. The zero-order valence-electron chi connectivity index (χ0n) is 15.7. The molecule has 0 spiro atoms. The number of morpholine rings is 1. The largest absolute Gasteiger partial charge is 0.356 e. The number of rotatable bonds is 7. The highest BCUT2D eigenvalue weighted by Crippen LogP contribution is 2.19. The van der Waals surface area contributed by atoms with E-state index in [9.17, 15) is 14.0 Å². The summed E-state index contributed by atoms with van der Waals surface area (Å²) in [5.74, 6) is -0.952. The Labute approximate surface area is 181 Å².